The van der Waals surface area contributed by atoms with Crippen LogP contribution in [0.15, 0.2) is 54.6 Å². The summed E-state index contributed by atoms with van der Waals surface area (Å²) in [5.74, 6) is 0.272. The fourth-order valence-corrected chi connectivity index (χ4v) is 4.04. The van der Waals surface area contributed by atoms with Crippen molar-refractivity contribution in [3.05, 3.63) is 71.5 Å². The summed E-state index contributed by atoms with van der Waals surface area (Å²) in [6, 6.07) is 17.3. The number of piperidine rings is 1. The second-order valence-corrected chi connectivity index (χ2v) is 7.89. The van der Waals surface area contributed by atoms with Gasteiger partial charge >= 0.3 is 0 Å². The minimum absolute atomic E-state index is 0.102. The van der Waals surface area contributed by atoms with Crippen molar-refractivity contribution in [2.24, 2.45) is 5.92 Å². The molecule has 2 aromatic carbocycles. The summed E-state index contributed by atoms with van der Waals surface area (Å²) in [6.45, 7) is 6.25. The molecule has 1 fully saturated rings. The second-order valence-electron chi connectivity index (χ2n) is 7.89. The highest BCUT2D eigenvalue weighted by atomic mass is 19.1. The molecule has 0 bridgehead atoms. The smallest absolute Gasteiger partial charge is 0.226 e. The van der Waals surface area contributed by atoms with Gasteiger partial charge in [0, 0.05) is 37.4 Å². The highest BCUT2D eigenvalue weighted by Gasteiger charge is 2.30. The van der Waals surface area contributed by atoms with Crippen molar-refractivity contribution in [1.82, 2.24) is 4.90 Å². The minimum atomic E-state index is -0.123. The average molecular weight is 384 g/mol. The number of benzene rings is 2. The van der Waals surface area contributed by atoms with Gasteiger partial charge in [-0.15, -0.1) is 0 Å². The van der Waals surface area contributed by atoms with E-state index in [2.05, 4.69) is 19.1 Å². The maximum atomic E-state index is 13.9. The molecule has 1 amide bonds. The van der Waals surface area contributed by atoms with E-state index in [0.29, 0.717) is 19.0 Å². The predicted octanol–water partition coefficient (Wildman–Crippen LogP) is 3.45. The van der Waals surface area contributed by atoms with E-state index in [1.54, 1.807) is 6.07 Å². The molecule has 0 spiro atoms. The number of nitrogens with one attached hydrogen (secondary N) is 1. The van der Waals surface area contributed by atoms with Gasteiger partial charge in [0.25, 0.3) is 0 Å². The van der Waals surface area contributed by atoms with Crippen LogP contribution in [0.1, 0.15) is 43.7 Å². The molecule has 2 aromatic rings. The van der Waals surface area contributed by atoms with E-state index in [9.17, 15) is 9.18 Å². The Kier molecular flexibility index (Phi) is 7.61. The Morgan fingerprint density at radius 1 is 1.07 bits per heavy atom. The maximum Gasteiger partial charge on any atom is 0.226 e. The Morgan fingerprint density at radius 2 is 1.75 bits per heavy atom. The van der Waals surface area contributed by atoms with Crippen LogP contribution in [-0.4, -0.2) is 30.4 Å². The molecule has 1 aliphatic heterocycles. The van der Waals surface area contributed by atoms with Crippen LogP contribution in [0.25, 0.3) is 0 Å². The van der Waals surface area contributed by atoms with Crippen molar-refractivity contribution < 1.29 is 14.1 Å². The molecule has 3 rings (SSSR count). The molecule has 0 unspecified atom stereocenters. The number of quaternary nitrogens is 1. The van der Waals surface area contributed by atoms with E-state index in [1.807, 2.05) is 35.2 Å². The summed E-state index contributed by atoms with van der Waals surface area (Å²) in [7, 11) is 0. The zero-order valence-electron chi connectivity index (χ0n) is 16.9. The first-order valence-electron chi connectivity index (χ1n) is 10.6. The summed E-state index contributed by atoms with van der Waals surface area (Å²) in [5, 5.41) is 0. The van der Waals surface area contributed by atoms with E-state index >= 15 is 0 Å². The lowest BCUT2D eigenvalue weighted by Crippen LogP contribution is -3.11. The third-order valence-corrected chi connectivity index (χ3v) is 5.75. The van der Waals surface area contributed by atoms with Crippen LogP contribution in [0.4, 0.5) is 4.39 Å². The molecule has 28 heavy (non-hydrogen) atoms. The van der Waals surface area contributed by atoms with E-state index in [-0.39, 0.29) is 11.7 Å². The molecular formula is C24H32FN2O+. The first kappa shape index (κ1) is 20.5. The minimum Gasteiger partial charge on any atom is -0.338 e. The highest BCUT2D eigenvalue weighted by Crippen LogP contribution is 2.17. The molecule has 1 heterocycles. The summed E-state index contributed by atoms with van der Waals surface area (Å²) < 4.78 is 13.9. The topological polar surface area (TPSA) is 24.8 Å². The summed E-state index contributed by atoms with van der Waals surface area (Å²) in [4.78, 5) is 16.6. The Balaban J connectivity index is 1.56. The number of hydrogen-bond acceptors (Lipinski definition) is 1. The Bertz CT molecular complexity index is 741. The van der Waals surface area contributed by atoms with Gasteiger partial charge in [0.2, 0.25) is 5.91 Å². The summed E-state index contributed by atoms with van der Waals surface area (Å²) in [6.07, 6.45) is 3.90. The van der Waals surface area contributed by atoms with Crippen molar-refractivity contribution >= 4 is 5.91 Å². The molecule has 150 valence electrons. The highest BCUT2D eigenvalue weighted by molar-refractivity contribution is 5.78. The van der Waals surface area contributed by atoms with Crippen LogP contribution in [0, 0.1) is 11.7 Å². The fourth-order valence-electron chi connectivity index (χ4n) is 4.04. The second kappa shape index (κ2) is 10.4. The third-order valence-electron chi connectivity index (χ3n) is 5.75. The number of halogens is 1. The summed E-state index contributed by atoms with van der Waals surface area (Å²) >= 11 is 0. The number of hydrogen-bond donors (Lipinski definition) is 1. The van der Waals surface area contributed by atoms with Gasteiger partial charge in [0.05, 0.1) is 13.1 Å². The zero-order valence-corrected chi connectivity index (χ0v) is 16.9. The van der Waals surface area contributed by atoms with Crippen molar-refractivity contribution in [3.8, 4) is 0 Å². The Hall–Kier alpha value is -2.20. The first-order valence-corrected chi connectivity index (χ1v) is 10.6. The van der Waals surface area contributed by atoms with Gasteiger partial charge in [0.1, 0.15) is 12.4 Å². The molecule has 1 N–H and O–H groups in total. The van der Waals surface area contributed by atoms with Crippen molar-refractivity contribution in [3.63, 3.8) is 0 Å². The van der Waals surface area contributed by atoms with Gasteiger partial charge < -0.3 is 9.80 Å². The van der Waals surface area contributed by atoms with Crippen molar-refractivity contribution in [2.75, 3.05) is 19.6 Å². The van der Waals surface area contributed by atoms with E-state index < -0.39 is 0 Å². The number of nitrogens with zero attached hydrogens (tertiary/aromatic N) is 1. The number of carbonyl (C=O) groups is 1. The number of unbranched alkanes of at least 4 members (excludes halogenated alkanes) is 1. The molecule has 0 aromatic heterocycles. The van der Waals surface area contributed by atoms with Gasteiger partial charge in [-0.2, -0.15) is 0 Å². The van der Waals surface area contributed by atoms with Gasteiger partial charge in [-0.05, 0) is 18.1 Å². The number of likely N-dealkylation sites (tertiary alicyclic amines) is 1. The molecular weight excluding hydrogens is 351 g/mol. The monoisotopic (exact) mass is 383 g/mol. The third kappa shape index (κ3) is 5.65. The van der Waals surface area contributed by atoms with Gasteiger partial charge in [-0.1, -0.05) is 61.9 Å². The molecule has 1 saturated heterocycles. The molecule has 3 nitrogen and oxygen atoms in total. The van der Waals surface area contributed by atoms with Gasteiger partial charge in [-0.3, -0.25) is 4.79 Å². The quantitative estimate of drug-likeness (QED) is 0.742. The molecule has 0 saturated carbocycles. The van der Waals surface area contributed by atoms with E-state index in [4.69, 9.17) is 0 Å². The average Bonchev–Trinajstić information content (AvgIpc) is 2.73. The Labute approximate surface area is 168 Å². The number of rotatable bonds is 8. The van der Waals surface area contributed by atoms with Crippen LogP contribution >= 0.6 is 0 Å². The lowest BCUT2D eigenvalue weighted by atomic mass is 9.94. The van der Waals surface area contributed by atoms with E-state index in [0.717, 1.165) is 50.9 Å². The summed E-state index contributed by atoms with van der Waals surface area (Å²) in [5.41, 5.74) is 1.96. The van der Waals surface area contributed by atoms with E-state index in [1.165, 1.54) is 16.5 Å². The standard InChI is InChI=1S/C24H31FN2O/c1-2-3-15-27(18-20-9-5-4-6-10-20)24(28)21-13-16-26(17-14-21)19-22-11-7-8-12-23(22)25/h4-12,21H,2-3,13-19H2,1H3/p+1. The Morgan fingerprint density at radius 3 is 2.43 bits per heavy atom. The number of carbonyl (C=O) groups excluding carboxylic acids is 1. The van der Waals surface area contributed by atoms with Crippen molar-refractivity contribution in [1.29, 1.82) is 0 Å². The van der Waals surface area contributed by atoms with Crippen LogP contribution in [0.5, 0.6) is 0 Å². The largest absolute Gasteiger partial charge is 0.338 e. The first-order chi connectivity index (χ1) is 13.7. The molecule has 4 heteroatoms. The lowest BCUT2D eigenvalue weighted by molar-refractivity contribution is -0.919. The van der Waals surface area contributed by atoms with Gasteiger partial charge in [-0.25, -0.2) is 4.39 Å². The van der Waals surface area contributed by atoms with Crippen molar-refractivity contribution in [2.45, 2.75) is 45.7 Å². The molecule has 0 atom stereocenters. The SMILES string of the molecule is CCCCN(Cc1ccccc1)C(=O)C1CC[NH+](Cc2ccccc2F)CC1. The maximum absolute atomic E-state index is 13.9. The van der Waals surface area contributed by atoms with Crippen LogP contribution in [-0.2, 0) is 17.9 Å². The molecule has 1 aliphatic rings. The fraction of sp³-hybridized carbons (Fsp3) is 0.458. The predicted molar refractivity (Wildman–Crippen MR) is 110 cm³/mol. The van der Waals surface area contributed by atoms with Crippen LogP contribution in [0.3, 0.4) is 0 Å². The number of amides is 1. The zero-order chi connectivity index (χ0) is 19.8. The lowest BCUT2D eigenvalue weighted by Gasteiger charge is -2.32. The van der Waals surface area contributed by atoms with Crippen LogP contribution in [0.2, 0.25) is 0 Å². The normalized spacial score (nSPS) is 19.4. The molecule has 0 radical (unpaired) electrons. The van der Waals surface area contributed by atoms with Crippen LogP contribution < -0.4 is 4.90 Å². The molecule has 0 aliphatic carbocycles. The van der Waals surface area contributed by atoms with Gasteiger partial charge in [0.15, 0.2) is 0 Å².